The standard InChI is InChI=1S/C14H19NO4S/c1-10-5-3-6-11(9-10)15-14(13(16)17)8-4-7-12(14)20(2,18)19/h3,5-6,9,12,15H,4,7-8H2,1-2H3,(H,16,17). The zero-order valence-corrected chi connectivity index (χ0v) is 12.4. The number of aliphatic carboxylic acids is 1. The summed E-state index contributed by atoms with van der Waals surface area (Å²) in [6, 6.07) is 7.30. The fourth-order valence-corrected chi connectivity index (χ4v) is 4.58. The molecule has 110 valence electrons. The Morgan fingerprint density at radius 2 is 2.15 bits per heavy atom. The van der Waals surface area contributed by atoms with Crippen molar-refractivity contribution in [2.45, 2.75) is 37.0 Å². The molecule has 20 heavy (non-hydrogen) atoms. The fraction of sp³-hybridized carbons (Fsp3) is 0.500. The van der Waals surface area contributed by atoms with Gasteiger partial charge in [0.05, 0.1) is 5.25 Å². The Bertz CT molecular complexity index is 626. The molecule has 0 aromatic heterocycles. The van der Waals surface area contributed by atoms with E-state index >= 15 is 0 Å². The van der Waals surface area contributed by atoms with Gasteiger partial charge in [-0.15, -0.1) is 0 Å². The molecule has 2 atom stereocenters. The highest BCUT2D eigenvalue weighted by molar-refractivity contribution is 7.91. The summed E-state index contributed by atoms with van der Waals surface area (Å²) in [7, 11) is -3.43. The van der Waals surface area contributed by atoms with Crippen molar-refractivity contribution in [3.63, 3.8) is 0 Å². The molecule has 0 spiro atoms. The second-order valence-corrected chi connectivity index (χ2v) is 7.71. The molecule has 0 amide bonds. The van der Waals surface area contributed by atoms with Crippen LogP contribution >= 0.6 is 0 Å². The van der Waals surface area contributed by atoms with E-state index in [1.54, 1.807) is 6.07 Å². The van der Waals surface area contributed by atoms with Gasteiger partial charge in [0.2, 0.25) is 0 Å². The molecule has 6 heteroatoms. The molecule has 5 nitrogen and oxygen atoms in total. The Morgan fingerprint density at radius 1 is 1.45 bits per heavy atom. The zero-order valence-electron chi connectivity index (χ0n) is 11.6. The molecule has 1 aromatic carbocycles. The third-order valence-electron chi connectivity index (χ3n) is 3.87. The minimum Gasteiger partial charge on any atom is -0.479 e. The monoisotopic (exact) mass is 297 g/mol. The average Bonchev–Trinajstić information content (AvgIpc) is 2.73. The molecule has 0 aliphatic heterocycles. The van der Waals surface area contributed by atoms with E-state index in [0.717, 1.165) is 11.8 Å². The van der Waals surface area contributed by atoms with Crippen LogP contribution in [-0.4, -0.2) is 36.5 Å². The molecule has 1 saturated carbocycles. The molecule has 2 unspecified atom stereocenters. The summed E-state index contributed by atoms with van der Waals surface area (Å²) >= 11 is 0. The lowest BCUT2D eigenvalue weighted by atomic mass is 9.96. The predicted molar refractivity (Wildman–Crippen MR) is 77.7 cm³/mol. The molecule has 0 heterocycles. The van der Waals surface area contributed by atoms with E-state index in [0.29, 0.717) is 24.9 Å². The average molecular weight is 297 g/mol. The van der Waals surface area contributed by atoms with E-state index in [-0.39, 0.29) is 0 Å². The van der Waals surface area contributed by atoms with Crippen molar-refractivity contribution in [3.05, 3.63) is 29.8 Å². The van der Waals surface area contributed by atoms with Crippen LogP contribution in [0.15, 0.2) is 24.3 Å². The van der Waals surface area contributed by atoms with E-state index in [9.17, 15) is 18.3 Å². The van der Waals surface area contributed by atoms with Crippen LogP contribution in [-0.2, 0) is 14.6 Å². The molecule has 1 aliphatic rings. The maximum absolute atomic E-state index is 11.9. The molecule has 0 saturated heterocycles. The van der Waals surface area contributed by atoms with Gasteiger partial charge < -0.3 is 10.4 Å². The molecule has 2 rings (SSSR count). The SMILES string of the molecule is Cc1cccc(NC2(C(=O)O)CCCC2S(C)(=O)=O)c1. The van der Waals surface area contributed by atoms with Crippen molar-refractivity contribution in [1.29, 1.82) is 0 Å². The van der Waals surface area contributed by atoms with Crippen molar-refractivity contribution in [3.8, 4) is 0 Å². The lowest BCUT2D eigenvalue weighted by Gasteiger charge is -2.32. The number of nitrogens with one attached hydrogen (secondary N) is 1. The molecule has 1 aromatic rings. The van der Waals surface area contributed by atoms with E-state index in [2.05, 4.69) is 5.32 Å². The summed E-state index contributed by atoms with van der Waals surface area (Å²) in [5.41, 5.74) is 0.203. The van der Waals surface area contributed by atoms with E-state index < -0.39 is 26.6 Å². The third-order valence-corrected chi connectivity index (χ3v) is 5.54. The summed E-state index contributed by atoms with van der Waals surface area (Å²) in [6.45, 7) is 1.90. The normalized spacial score (nSPS) is 26.4. The number of carboxylic acid groups (broad SMARTS) is 1. The molecule has 0 radical (unpaired) electrons. The minimum absolute atomic E-state index is 0.314. The zero-order chi connectivity index (χ0) is 15.0. The first-order valence-electron chi connectivity index (χ1n) is 6.53. The smallest absolute Gasteiger partial charge is 0.330 e. The van der Waals surface area contributed by atoms with Crippen molar-refractivity contribution in [2.24, 2.45) is 0 Å². The lowest BCUT2D eigenvalue weighted by molar-refractivity contribution is -0.141. The topological polar surface area (TPSA) is 83.5 Å². The quantitative estimate of drug-likeness (QED) is 0.886. The van der Waals surface area contributed by atoms with Crippen LogP contribution < -0.4 is 5.32 Å². The second-order valence-electron chi connectivity index (χ2n) is 5.48. The first-order chi connectivity index (χ1) is 9.25. The summed E-state index contributed by atoms with van der Waals surface area (Å²) in [6.07, 6.45) is 2.39. The third kappa shape index (κ3) is 2.65. The number of carbonyl (C=O) groups is 1. The summed E-state index contributed by atoms with van der Waals surface area (Å²) < 4.78 is 23.8. The van der Waals surface area contributed by atoms with Crippen LogP contribution in [0.25, 0.3) is 0 Å². The number of benzene rings is 1. The maximum Gasteiger partial charge on any atom is 0.330 e. The summed E-state index contributed by atoms with van der Waals surface area (Å²) in [5, 5.41) is 11.7. The van der Waals surface area contributed by atoms with E-state index in [1.165, 1.54) is 0 Å². The van der Waals surface area contributed by atoms with Gasteiger partial charge in [0, 0.05) is 11.9 Å². The largest absolute Gasteiger partial charge is 0.479 e. The molecular formula is C14H19NO4S. The van der Waals surface area contributed by atoms with Crippen LogP contribution in [0.3, 0.4) is 0 Å². The minimum atomic E-state index is -3.43. The van der Waals surface area contributed by atoms with Crippen LogP contribution in [0, 0.1) is 6.92 Å². The number of rotatable bonds is 4. The van der Waals surface area contributed by atoms with E-state index in [4.69, 9.17) is 0 Å². The summed E-state index contributed by atoms with van der Waals surface area (Å²) in [4.78, 5) is 11.7. The second kappa shape index (κ2) is 5.09. The number of sulfone groups is 1. The van der Waals surface area contributed by atoms with Crippen LogP contribution in [0.5, 0.6) is 0 Å². The van der Waals surface area contributed by atoms with Crippen LogP contribution in [0.4, 0.5) is 5.69 Å². The number of anilines is 1. The molecule has 1 fully saturated rings. The van der Waals surface area contributed by atoms with Crippen molar-refractivity contribution >= 4 is 21.5 Å². The molecule has 2 N–H and O–H groups in total. The Kier molecular flexibility index (Phi) is 3.77. The van der Waals surface area contributed by atoms with Crippen molar-refractivity contribution in [1.82, 2.24) is 0 Å². The van der Waals surface area contributed by atoms with Gasteiger partial charge in [-0.1, -0.05) is 12.1 Å². The van der Waals surface area contributed by atoms with Gasteiger partial charge in [-0.25, -0.2) is 13.2 Å². The Hall–Kier alpha value is -1.56. The van der Waals surface area contributed by atoms with Gasteiger partial charge in [-0.05, 0) is 43.9 Å². The van der Waals surface area contributed by atoms with Crippen LogP contribution in [0.2, 0.25) is 0 Å². The predicted octanol–water partition coefficient (Wildman–Crippen LogP) is 1.83. The van der Waals surface area contributed by atoms with Gasteiger partial charge in [0.25, 0.3) is 0 Å². The van der Waals surface area contributed by atoms with Crippen LogP contribution in [0.1, 0.15) is 24.8 Å². The van der Waals surface area contributed by atoms with Gasteiger partial charge in [0.15, 0.2) is 15.4 Å². The summed E-state index contributed by atoms with van der Waals surface area (Å²) in [5.74, 6) is -1.10. The molecule has 0 bridgehead atoms. The molecular weight excluding hydrogens is 278 g/mol. The first kappa shape index (κ1) is 14.8. The Morgan fingerprint density at radius 3 is 2.70 bits per heavy atom. The highest BCUT2D eigenvalue weighted by Crippen LogP contribution is 2.38. The van der Waals surface area contributed by atoms with Gasteiger partial charge in [-0.2, -0.15) is 0 Å². The molecule has 1 aliphatic carbocycles. The Labute approximate surface area is 118 Å². The van der Waals surface area contributed by atoms with Gasteiger partial charge in [0.1, 0.15) is 0 Å². The van der Waals surface area contributed by atoms with Crippen molar-refractivity contribution in [2.75, 3.05) is 11.6 Å². The Balaban J connectivity index is 2.43. The number of aryl methyl sites for hydroxylation is 1. The fourth-order valence-electron chi connectivity index (χ4n) is 2.97. The lowest BCUT2D eigenvalue weighted by Crippen LogP contribution is -2.55. The first-order valence-corrected chi connectivity index (χ1v) is 8.48. The van der Waals surface area contributed by atoms with Gasteiger partial charge in [-0.3, -0.25) is 0 Å². The van der Waals surface area contributed by atoms with Gasteiger partial charge >= 0.3 is 5.97 Å². The van der Waals surface area contributed by atoms with Crippen molar-refractivity contribution < 1.29 is 18.3 Å². The number of carboxylic acids is 1. The number of hydrogen-bond acceptors (Lipinski definition) is 4. The van der Waals surface area contributed by atoms with E-state index in [1.807, 2.05) is 25.1 Å². The highest BCUT2D eigenvalue weighted by atomic mass is 32.2. The maximum atomic E-state index is 11.9. The highest BCUT2D eigenvalue weighted by Gasteiger charge is 2.54. The number of hydrogen-bond donors (Lipinski definition) is 2.